The summed E-state index contributed by atoms with van der Waals surface area (Å²) in [6, 6.07) is 18.3. The molecular formula is C30H35N3O5S. The molecule has 0 spiro atoms. The van der Waals surface area contributed by atoms with Gasteiger partial charge in [-0.1, -0.05) is 54.1 Å². The predicted octanol–water partition coefficient (Wildman–Crippen LogP) is 3.57. The summed E-state index contributed by atoms with van der Waals surface area (Å²) in [5.74, 6) is 1.32. The van der Waals surface area contributed by atoms with Gasteiger partial charge >= 0.3 is 0 Å². The molecule has 1 atom stereocenters. The molecule has 0 saturated carbocycles. The molecule has 2 aliphatic rings. The number of sulfonamides is 1. The lowest BCUT2D eigenvalue weighted by molar-refractivity contribution is -0.134. The largest absolute Gasteiger partial charge is 0.454 e. The molecule has 1 fully saturated rings. The molecule has 1 N–H and O–H groups in total. The molecule has 0 aromatic heterocycles. The molecule has 9 heteroatoms. The van der Waals surface area contributed by atoms with Crippen molar-refractivity contribution in [1.29, 1.82) is 0 Å². The summed E-state index contributed by atoms with van der Waals surface area (Å²) in [4.78, 5) is 18.1. The molecule has 0 unspecified atom stereocenters. The van der Waals surface area contributed by atoms with E-state index in [9.17, 15) is 13.2 Å². The minimum absolute atomic E-state index is 0.201. The van der Waals surface area contributed by atoms with Crippen LogP contribution in [-0.2, 0) is 27.8 Å². The zero-order valence-electron chi connectivity index (χ0n) is 22.6. The fraction of sp³-hybridized carbons (Fsp3) is 0.367. The first-order valence-corrected chi connectivity index (χ1v) is 14.7. The summed E-state index contributed by atoms with van der Waals surface area (Å²) >= 11 is 0. The number of nitrogens with zero attached hydrogens (tertiary/aromatic N) is 2. The number of benzene rings is 3. The molecule has 0 bridgehead atoms. The molecule has 2 heterocycles. The van der Waals surface area contributed by atoms with Crippen molar-refractivity contribution < 1.29 is 22.7 Å². The second-order valence-corrected chi connectivity index (χ2v) is 12.0. The second-order valence-electron chi connectivity index (χ2n) is 10.4. The Kier molecular flexibility index (Phi) is 7.93. The third-order valence-electron chi connectivity index (χ3n) is 7.28. The van der Waals surface area contributed by atoms with Gasteiger partial charge in [-0.2, -0.15) is 4.72 Å². The lowest BCUT2D eigenvalue weighted by Crippen LogP contribution is -2.55. The molecule has 206 valence electrons. The van der Waals surface area contributed by atoms with Crippen LogP contribution in [0.1, 0.15) is 27.8 Å². The number of nitrogens with one attached hydrogen (secondary N) is 1. The summed E-state index contributed by atoms with van der Waals surface area (Å²) in [5, 5.41) is 0. The lowest BCUT2D eigenvalue weighted by atomic mass is 10.1. The first-order valence-electron chi connectivity index (χ1n) is 13.2. The van der Waals surface area contributed by atoms with Crippen LogP contribution in [0.4, 0.5) is 0 Å². The highest BCUT2D eigenvalue weighted by atomic mass is 32.2. The second kappa shape index (κ2) is 11.4. The molecule has 0 aliphatic carbocycles. The van der Waals surface area contributed by atoms with Gasteiger partial charge in [-0.25, -0.2) is 8.42 Å². The number of hydrogen-bond donors (Lipinski definition) is 1. The van der Waals surface area contributed by atoms with Gasteiger partial charge in [0.2, 0.25) is 22.7 Å². The van der Waals surface area contributed by atoms with Gasteiger partial charge in [0.1, 0.15) is 6.04 Å². The van der Waals surface area contributed by atoms with Crippen LogP contribution in [0, 0.1) is 20.8 Å². The maximum atomic E-state index is 13.8. The Morgan fingerprint density at radius 1 is 0.872 bits per heavy atom. The van der Waals surface area contributed by atoms with Crippen molar-refractivity contribution >= 4 is 15.9 Å². The van der Waals surface area contributed by atoms with E-state index < -0.39 is 16.1 Å². The molecule has 8 nitrogen and oxygen atoms in total. The average Bonchev–Trinajstić information content (AvgIpc) is 3.36. The molecule has 39 heavy (non-hydrogen) atoms. The highest BCUT2D eigenvalue weighted by molar-refractivity contribution is 7.89. The zero-order chi connectivity index (χ0) is 27.6. The van der Waals surface area contributed by atoms with Crippen LogP contribution in [0.15, 0.2) is 65.6 Å². The van der Waals surface area contributed by atoms with Crippen molar-refractivity contribution in [3.63, 3.8) is 0 Å². The molecule has 1 saturated heterocycles. The summed E-state index contributed by atoms with van der Waals surface area (Å²) < 4.78 is 40.9. The topological polar surface area (TPSA) is 88.2 Å². The van der Waals surface area contributed by atoms with E-state index in [-0.39, 0.29) is 24.0 Å². The van der Waals surface area contributed by atoms with Gasteiger partial charge in [0, 0.05) is 32.7 Å². The minimum Gasteiger partial charge on any atom is -0.454 e. The Hall–Kier alpha value is -3.40. The number of amides is 1. The van der Waals surface area contributed by atoms with Crippen LogP contribution in [-0.4, -0.2) is 63.1 Å². The molecule has 5 rings (SSSR count). The fourth-order valence-electron chi connectivity index (χ4n) is 5.51. The molecular weight excluding hydrogens is 514 g/mol. The maximum Gasteiger partial charge on any atom is 0.241 e. The molecule has 3 aromatic carbocycles. The van der Waals surface area contributed by atoms with E-state index in [4.69, 9.17) is 9.47 Å². The Morgan fingerprint density at radius 3 is 2.23 bits per heavy atom. The van der Waals surface area contributed by atoms with Crippen molar-refractivity contribution in [2.75, 3.05) is 33.0 Å². The SMILES string of the molecule is Cc1cc(C)c(S(=O)(=O)N[C@@H](Cc2ccccc2)C(=O)N2CCN(Cc3ccc4c(c3)OCO4)CC2)c(C)c1. The molecule has 1 amide bonds. The molecule has 2 aliphatic heterocycles. The van der Waals surface area contributed by atoms with Crippen LogP contribution < -0.4 is 14.2 Å². The van der Waals surface area contributed by atoms with Gasteiger partial charge < -0.3 is 14.4 Å². The zero-order valence-corrected chi connectivity index (χ0v) is 23.5. The van der Waals surface area contributed by atoms with Crippen molar-refractivity contribution in [2.45, 2.75) is 44.7 Å². The van der Waals surface area contributed by atoms with Crippen molar-refractivity contribution in [3.05, 3.63) is 88.5 Å². The minimum atomic E-state index is -3.93. The van der Waals surface area contributed by atoms with Gasteiger partial charge in [0.05, 0.1) is 4.90 Å². The number of ether oxygens (including phenoxy) is 2. The predicted molar refractivity (Wildman–Crippen MR) is 149 cm³/mol. The van der Waals surface area contributed by atoms with Crippen LogP contribution in [0.3, 0.4) is 0 Å². The number of fused-ring (bicyclic) bond motifs is 1. The third kappa shape index (κ3) is 6.27. The fourth-order valence-corrected chi connectivity index (χ4v) is 7.15. The number of carbonyl (C=O) groups is 1. The average molecular weight is 550 g/mol. The Balaban J connectivity index is 1.29. The van der Waals surface area contributed by atoms with Crippen LogP contribution >= 0.6 is 0 Å². The van der Waals surface area contributed by atoms with Crippen LogP contribution in [0.5, 0.6) is 11.5 Å². The third-order valence-corrected chi connectivity index (χ3v) is 9.05. The number of rotatable bonds is 8. The Morgan fingerprint density at radius 2 is 1.54 bits per heavy atom. The molecule has 0 radical (unpaired) electrons. The van der Waals surface area contributed by atoms with E-state index in [0.29, 0.717) is 37.3 Å². The Bertz CT molecular complexity index is 1430. The molecule has 3 aromatic rings. The van der Waals surface area contributed by atoms with Crippen LogP contribution in [0.25, 0.3) is 0 Å². The first-order chi connectivity index (χ1) is 18.7. The monoisotopic (exact) mass is 549 g/mol. The van der Waals surface area contributed by atoms with Crippen LogP contribution in [0.2, 0.25) is 0 Å². The number of hydrogen-bond acceptors (Lipinski definition) is 6. The Labute approximate surface area is 230 Å². The van der Waals surface area contributed by atoms with Gasteiger partial charge in [-0.15, -0.1) is 0 Å². The summed E-state index contributed by atoms with van der Waals surface area (Å²) in [7, 11) is -3.93. The lowest BCUT2D eigenvalue weighted by Gasteiger charge is -2.36. The number of carbonyl (C=O) groups excluding carboxylic acids is 1. The van der Waals surface area contributed by atoms with Gasteiger partial charge in [-0.3, -0.25) is 9.69 Å². The maximum absolute atomic E-state index is 13.8. The first kappa shape index (κ1) is 27.2. The highest BCUT2D eigenvalue weighted by Crippen LogP contribution is 2.33. The number of piperazine rings is 1. The summed E-state index contributed by atoms with van der Waals surface area (Å²) in [6.45, 7) is 8.96. The summed E-state index contributed by atoms with van der Waals surface area (Å²) in [6.07, 6.45) is 0.278. The quantitative estimate of drug-likeness (QED) is 0.462. The number of aryl methyl sites for hydroxylation is 3. The van der Waals surface area contributed by atoms with E-state index in [0.717, 1.165) is 34.7 Å². The van der Waals surface area contributed by atoms with Crippen molar-refractivity contribution in [2.24, 2.45) is 0 Å². The normalized spacial score (nSPS) is 16.3. The van der Waals surface area contributed by atoms with Gasteiger partial charge in [0.25, 0.3) is 0 Å². The van der Waals surface area contributed by atoms with E-state index in [1.807, 2.05) is 67.6 Å². The summed E-state index contributed by atoms with van der Waals surface area (Å²) in [5.41, 5.74) is 4.36. The smallest absolute Gasteiger partial charge is 0.241 e. The van der Waals surface area contributed by atoms with Gasteiger partial charge in [0.15, 0.2) is 11.5 Å². The van der Waals surface area contributed by atoms with E-state index >= 15 is 0 Å². The van der Waals surface area contributed by atoms with E-state index in [2.05, 4.69) is 9.62 Å². The highest BCUT2D eigenvalue weighted by Gasteiger charge is 2.32. The van der Waals surface area contributed by atoms with Crippen molar-refractivity contribution in [1.82, 2.24) is 14.5 Å². The van der Waals surface area contributed by atoms with Crippen molar-refractivity contribution in [3.8, 4) is 11.5 Å². The van der Waals surface area contributed by atoms with E-state index in [1.54, 1.807) is 18.7 Å². The van der Waals surface area contributed by atoms with Gasteiger partial charge in [-0.05, 0) is 61.6 Å². The van der Waals surface area contributed by atoms with E-state index in [1.165, 1.54) is 0 Å². The standard InChI is InChI=1S/C30H35N3O5S/c1-21-15-22(2)29(23(3)16-21)39(35,36)31-26(17-24-7-5-4-6-8-24)30(34)33-13-11-32(12-14-33)19-25-9-10-27-28(18-25)38-20-37-27/h4-10,15-16,18,26,31H,11-14,17,19-20H2,1-3H3/t26-/m0/s1.